The Labute approximate surface area is 116 Å². The van der Waals surface area contributed by atoms with Gasteiger partial charge in [-0.15, -0.1) is 0 Å². The first kappa shape index (κ1) is 13.5. The van der Waals surface area contributed by atoms with E-state index in [4.69, 9.17) is 11.1 Å². The zero-order chi connectivity index (χ0) is 14.5. The average Bonchev–Trinajstić information content (AvgIpc) is 2.47. The summed E-state index contributed by atoms with van der Waals surface area (Å²) in [7, 11) is 3.63. The van der Waals surface area contributed by atoms with E-state index in [0.29, 0.717) is 23.1 Å². The third-order valence-electron chi connectivity index (χ3n) is 2.40. The molecule has 0 fully saturated rings. The second-order valence-electron chi connectivity index (χ2n) is 4.14. The van der Waals surface area contributed by atoms with Crippen molar-refractivity contribution in [3.63, 3.8) is 0 Å². The molecule has 102 valence electrons. The number of anilines is 4. The van der Waals surface area contributed by atoms with Gasteiger partial charge in [0.25, 0.3) is 0 Å². The van der Waals surface area contributed by atoms with Crippen molar-refractivity contribution in [3.8, 4) is 6.07 Å². The summed E-state index contributed by atoms with van der Waals surface area (Å²) in [6, 6.07) is 9.08. The number of benzene rings is 1. The highest BCUT2D eigenvalue weighted by molar-refractivity contribution is 5.58. The maximum absolute atomic E-state index is 8.87. The molecule has 1 heterocycles. The summed E-state index contributed by atoms with van der Waals surface area (Å²) < 4.78 is 0. The summed E-state index contributed by atoms with van der Waals surface area (Å²) in [5, 5.41) is 11.9. The molecular weight excluding hydrogens is 256 g/mol. The van der Waals surface area contributed by atoms with Crippen LogP contribution in [0.2, 0.25) is 0 Å². The van der Waals surface area contributed by atoms with Gasteiger partial charge in [-0.25, -0.2) is 5.84 Å². The van der Waals surface area contributed by atoms with E-state index in [2.05, 4.69) is 31.8 Å². The molecule has 2 rings (SSSR count). The number of nitrogen functional groups attached to an aromatic ring is 1. The molecule has 1 aromatic carbocycles. The van der Waals surface area contributed by atoms with Crippen LogP contribution in [0.15, 0.2) is 24.3 Å². The van der Waals surface area contributed by atoms with Gasteiger partial charge in [-0.3, -0.25) is 5.43 Å². The zero-order valence-corrected chi connectivity index (χ0v) is 11.1. The largest absolute Gasteiger partial charge is 0.347 e. The van der Waals surface area contributed by atoms with Crippen LogP contribution < -0.4 is 21.5 Å². The molecule has 0 saturated carbocycles. The maximum Gasteiger partial charge on any atom is 0.243 e. The fourth-order valence-electron chi connectivity index (χ4n) is 1.48. The summed E-state index contributed by atoms with van der Waals surface area (Å²) in [6.07, 6.45) is 0. The molecule has 0 saturated heterocycles. The molecule has 0 bridgehead atoms. The molecule has 0 atom stereocenters. The van der Waals surface area contributed by atoms with E-state index < -0.39 is 0 Å². The van der Waals surface area contributed by atoms with Gasteiger partial charge in [-0.05, 0) is 18.2 Å². The first-order valence-electron chi connectivity index (χ1n) is 5.79. The molecule has 2 aromatic rings. The minimum Gasteiger partial charge on any atom is -0.347 e. The van der Waals surface area contributed by atoms with Crippen molar-refractivity contribution in [2.24, 2.45) is 5.84 Å². The van der Waals surface area contributed by atoms with Crippen molar-refractivity contribution >= 4 is 23.5 Å². The minimum atomic E-state index is 0.252. The van der Waals surface area contributed by atoms with Gasteiger partial charge in [-0.2, -0.15) is 20.2 Å². The van der Waals surface area contributed by atoms with Gasteiger partial charge in [0, 0.05) is 19.8 Å². The average molecular weight is 270 g/mol. The first-order valence-corrected chi connectivity index (χ1v) is 5.79. The summed E-state index contributed by atoms with van der Waals surface area (Å²) in [5.41, 5.74) is 3.65. The van der Waals surface area contributed by atoms with Crippen molar-refractivity contribution in [2.75, 3.05) is 29.7 Å². The van der Waals surface area contributed by atoms with Crippen LogP contribution in [0.25, 0.3) is 0 Å². The molecule has 0 amide bonds. The van der Waals surface area contributed by atoms with E-state index in [-0.39, 0.29) is 5.95 Å². The predicted octanol–water partition coefficient (Wildman–Crippen LogP) is 0.838. The predicted molar refractivity (Wildman–Crippen MR) is 76.4 cm³/mol. The maximum atomic E-state index is 8.87. The lowest BCUT2D eigenvalue weighted by Gasteiger charge is -2.13. The van der Waals surface area contributed by atoms with Crippen LogP contribution >= 0.6 is 0 Å². The van der Waals surface area contributed by atoms with Gasteiger partial charge in [0.05, 0.1) is 11.6 Å². The van der Waals surface area contributed by atoms with Gasteiger partial charge in [0.1, 0.15) is 0 Å². The van der Waals surface area contributed by atoms with E-state index in [9.17, 15) is 0 Å². The third kappa shape index (κ3) is 3.09. The summed E-state index contributed by atoms with van der Waals surface area (Å²) in [5.74, 6) is 6.39. The highest BCUT2D eigenvalue weighted by Crippen LogP contribution is 2.17. The quantitative estimate of drug-likeness (QED) is 0.553. The van der Waals surface area contributed by atoms with Crippen LogP contribution in [0.5, 0.6) is 0 Å². The standard InChI is InChI=1S/C12H14N8/c1-20(2)12-17-10(16-11(18-12)19-14)15-9-5-3-4-8(6-9)7-13/h3-6H,14H2,1-2H3,(H2,15,16,17,18,19). The monoisotopic (exact) mass is 270 g/mol. The van der Waals surface area contributed by atoms with E-state index in [0.717, 1.165) is 0 Å². The molecule has 0 aliphatic carbocycles. The van der Waals surface area contributed by atoms with Crippen LogP contribution in [-0.4, -0.2) is 29.0 Å². The van der Waals surface area contributed by atoms with Crippen LogP contribution in [-0.2, 0) is 0 Å². The lowest BCUT2D eigenvalue weighted by Crippen LogP contribution is -2.18. The Kier molecular flexibility index (Phi) is 3.93. The topological polar surface area (TPSA) is 116 Å². The Bertz CT molecular complexity index is 646. The number of nitriles is 1. The number of nitrogens with zero attached hydrogens (tertiary/aromatic N) is 5. The Balaban J connectivity index is 2.32. The van der Waals surface area contributed by atoms with Crippen LogP contribution in [0.1, 0.15) is 5.56 Å². The normalized spacial score (nSPS) is 9.70. The molecule has 0 unspecified atom stereocenters. The molecule has 0 spiro atoms. The molecule has 0 aliphatic heterocycles. The Morgan fingerprint density at radius 1 is 1.20 bits per heavy atom. The van der Waals surface area contributed by atoms with Crippen LogP contribution in [0, 0.1) is 11.3 Å². The Hall–Kier alpha value is -2.92. The molecular formula is C12H14N8. The number of aromatic nitrogens is 3. The molecule has 1 aromatic heterocycles. The highest BCUT2D eigenvalue weighted by atomic mass is 15.4. The van der Waals surface area contributed by atoms with E-state index in [1.165, 1.54) is 0 Å². The molecule has 20 heavy (non-hydrogen) atoms. The van der Waals surface area contributed by atoms with Crippen LogP contribution in [0.4, 0.5) is 23.5 Å². The zero-order valence-electron chi connectivity index (χ0n) is 11.1. The fourth-order valence-corrected chi connectivity index (χ4v) is 1.48. The van der Waals surface area contributed by atoms with Crippen LogP contribution in [0.3, 0.4) is 0 Å². The van der Waals surface area contributed by atoms with E-state index >= 15 is 0 Å². The molecule has 8 heteroatoms. The highest BCUT2D eigenvalue weighted by Gasteiger charge is 2.07. The number of hydrogen-bond acceptors (Lipinski definition) is 8. The summed E-state index contributed by atoms with van der Waals surface area (Å²) in [6.45, 7) is 0. The van der Waals surface area contributed by atoms with E-state index in [1.54, 1.807) is 23.1 Å². The van der Waals surface area contributed by atoms with Crippen molar-refractivity contribution < 1.29 is 0 Å². The fraction of sp³-hybridized carbons (Fsp3) is 0.167. The van der Waals surface area contributed by atoms with Gasteiger partial charge < -0.3 is 10.2 Å². The second-order valence-corrected chi connectivity index (χ2v) is 4.14. The smallest absolute Gasteiger partial charge is 0.243 e. The third-order valence-corrected chi connectivity index (χ3v) is 2.40. The second kappa shape index (κ2) is 5.81. The Morgan fingerprint density at radius 2 is 1.95 bits per heavy atom. The summed E-state index contributed by atoms with van der Waals surface area (Å²) in [4.78, 5) is 14.2. The number of nitrogens with one attached hydrogen (secondary N) is 2. The molecule has 0 radical (unpaired) electrons. The van der Waals surface area contributed by atoms with Gasteiger partial charge in [0.15, 0.2) is 0 Å². The number of nitrogens with two attached hydrogens (primary N) is 1. The molecule has 8 nitrogen and oxygen atoms in total. The van der Waals surface area contributed by atoms with Gasteiger partial charge in [-0.1, -0.05) is 6.07 Å². The van der Waals surface area contributed by atoms with Crippen molar-refractivity contribution in [2.45, 2.75) is 0 Å². The van der Waals surface area contributed by atoms with Gasteiger partial charge in [0.2, 0.25) is 17.8 Å². The van der Waals surface area contributed by atoms with Crippen molar-refractivity contribution in [3.05, 3.63) is 29.8 Å². The molecule has 4 N–H and O–H groups in total. The van der Waals surface area contributed by atoms with E-state index in [1.807, 2.05) is 20.2 Å². The minimum absolute atomic E-state index is 0.252. The SMILES string of the molecule is CN(C)c1nc(NN)nc(Nc2cccc(C#N)c2)n1. The number of hydrazine groups is 1. The lowest BCUT2D eigenvalue weighted by molar-refractivity contribution is 0.957. The number of hydrogen-bond donors (Lipinski definition) is 3. The Morgan fingerprint density at radius 3 is 2.60 bits per heavy atom. The number of rotatable bonds is 4. The first-order chi connectivity index (χ1) is 9.62. The van der Waals surface area contributed by atoms with Crippen molar-refractivity contribution in [1.82, 2.24) is 15.0 Å². The molecule has 0 aliphatic rings. The summed E-state index contributed by atoms with van der Waals surface area (Å²) >= 11 is 0. The lowest BCUT2D eigenvalue weighted by atomic mass is 10.2. The van der Waals surface area contributed by atoms with Crippen molar-refractivity contribution in [1.29, 1.82) is 5.26 Å². The van der Waals surface area contributed by atoms with Gasteiger partial charge >= 0.3 is 0 Å².